The number of anilines is 1. The lowest BCUT2D eigenvalue weighted by atomic mass is 10.1. The molecule has 0 aliphatic carbocycles. The average Bonchev–Trinajstić information content (AvgIpc) is 3.48. The van der Waals surface area contributed by atoms with Gasteiger partial charge in [0.05, 0.1) is 16.6 Å². The Morgan fingerprint density at radius 2 is 1.70 bits per heavy atom. The maximum Gasteiger partial charge on any atom is 0.272 e. The van der Waals surface area contributed by atoms with Crippen LogP contribution in [0.15, 0.2) is 85.2 Å². The summed E-state index contributed by atoms with van der Waals surface area (Å²) in [5, 5.41) is 7.17. The zero-order valence-corrected chi connectivity index (χ0v) is 19.0. The van der Waals surface area contributed by atoms with Gasteiger partial charge in [-0.15, -0.1) is 0 Å². The number of benzene rings is 2. The van der Waals surface area contributed by atoms with Crippen molar-refractivity contribution in [3.8, 4) is 10.7 Å². The molecule has 3 aromatic heterocycles. The molecule has 0 atom stereocenters. The van der Waals surface area contributed by atoms with Gasteiger partial charge in [0, 0.05) is 19.3 Å². The minimum atomic E-state index is -0.197. The summed E-state index contributed by atoms with van der Waals surface area (Å²) in [5.74, 6) is 0.508. The van der Waals surface area contributed by atoms with Gasteiger partial charge in [-0.25, -0.2) is 9.97 Å². The Morgan fingerprint density at radius 1 is 0.939 bits per heavy atom. The summed E-state index contributed by atoms with van der Waals surface area (Å²) in [5.41, 5.74) is 4.60. The van der Waals surface area contributed by atoms with E-state index < -0.39 is 0 Å². The first kappa shape index (κ1) is 20.9. The summed E-state index contributed by atoms with van der Waals surface area (Å²) in [7, 11) is 0. The fraction of sp³-hybridized carbons (Fsp3) is 0.115. The number of nitrogens with zero attached hydrogens (tertiary/aromatic N) is 3. The van der Waals surface area contributed by atoms with E-state index in [1.165, 1.54) is 22.5 Å². The largest absolute Gasteiger partial charge is 0.357 e. The molecule has 0 radical (unpaired) electrons. The number of amides is 1. The van der Waals surface area contributed by atoms with Crippen LogP contribution in [0.5, 0.6) is 0 Å². The molecule has 3 heterocycles. The average molecular weight is 454 g/mol. The maximum absolute atomic E-state index is 13.0. The van der Waals surface area contributed by atoms with Crippen LogP contribution in [0.4, 0.5) is 5.13 Å². The maximum atomic E-state index is 13.0. The zero-order valence-electron chi connectivity index (χ0n) is 18.2. The Bertz CT molecular complexity index is 1390. The van der Waals surface area contributed by atoms with Gasteiger partial charge in [0.15, 0.2) is 16.6 Å². The molecule has 6 nitrogen and oxygen atoms in total. The molecule has 2 N–H and O–H groups in total. The van der Waals surface area contributed by atoms with Crippen molar-refractivity contribution in [1.82, 2.24) is 19.7 Å². The normalized spacial score (nSPS) is 10.9. The number of carbonyl (C=O) groups excluding carboxylic acids is 1. The predicted octanol–water partition coefficient (Wildman–Crippen LogP) is 5.31. The van der Waals surface area contributed by atoms with Crippen LogP contribution in [0.2, 0.25) is 0 Å². The van der Waals surface area contributed by atoms with Crippen LogP contribution in [0.3, 0.4) is 0 Å². The number of thiazole rings is 1. The van der Waals surface area contributed by atoms with Gasteiger partial charge in [-0.1, -0.05) is 77.6 Å². The molecule has 33 heavy (non-hydrogen) atoms. The highest BCUT2D eigenvalue weighted by molar-refractivity contribution is 7.18. The van der Waals surface area contributed by atoms with Crippen molar-refractivity contribution in [3.05, 3.63) is 108 Å². The lowest BCUT2D eigenvalue weighted by Crippen LogP contribution is -2.23. The van der Waals surface area contributed by atoms with Crippen LogP contribution in [0.25, 0.3) is 16.2 Å². The Hall–Kier alpha value is -3.97. The van der Waals surface area contributed by atoms with Gasteiger partial charge in [-0.2, -0.15) is 0 Å². The summed E-state index contributed by atoms with van der Waals surface area (Å²) in [4.78, 5) is 23.1. The summed E-state index contributed by atoms with van der Waals surface area (Å²) in [6.07, 6.45) is 3.72. The zero-order chi connectivity index (χ0) is 22.6. The van der Waals surface area contributed by atoms with Gasteiger partial charge in [0.2, 0.25) is 0 Å². The molecule has 0 fully saturated rings. The second kappa shape index (κ2) is 9.26. The molecule has 5 rings (SSSR count). The van der Waals surface area contributed by atoms with Crippen LogP contribution in [0, 0.1) is 6.92 Å². The third kappa shape index (κ3) is 4.63. The number of imidazole rings is 1. The van der Waals surface area contributed by atoms with Gasteiger partial charge in [0.25, 0.3) is 5.91 Å². The molecule has 0 aliphatic rings. The molecule has 0 unspecified atom stereocenters. The Kier molecular flexibility index (Phi) is 5.87. The predicted molar refractivity (Wildman–Crippen MR) is 132 cm³/mol. The van der Waals surface area contributed by atoms with Crippen molar-refractivity contribution in [2.45, 2.75) is 20.0 Å². The number of aromatic nitrogens is 3. The molecule has 164 valence electrons. The van der Waals surface area contributed by atoms with Gasteiger partial charge in [-0.05, 0) is 30.2 Å². The van der Waals surface area contributed by atoms with E-state index in [0.29, 0.717) is 24.6 Å². The number of fused-ring (bicyclic) bond motifs is 1. The van der Waals surface area contributed by atoms with Crippen molar-refractivity contribution in [2.75, 3.05) is 5.32 Å². The van der Waals surface area contributed by atoms with Crippen molar-refractivity contribution < 1.29 is 4.79 Å². The van der Waals surface area contributed by atoms with Crippen molar-refractivity contribution >= 4 is 27.9 Å². The highest BCUT2D eigenvalue weighted by Crippen LogP contribution is 2.30. The van der Waals surface area contributed by atoms with E-state index in [0.717, 1.165) is 21.1 Å². The Balaban J connectivity index is 1.37. The van der Waals surface area contributed by atoms with E-state index in [1.54, 1.807) is 6.20 Å². The molecule has 5 aromatic rings. The molecule has 2 aromatic carbocycles. The fourth-order valence-corrected chi connectivity index (χ4v) is 4.38. The van der Waals surface area contributed by atoms with E-state index >= 15 is 0 Å². The molecular weight excluding hydrogens is 430 g/mol. The van der Waals surface area contributed by atoms with Crippen molar-refractivity contribution in [2.24, 2.45) is 0 Å². The van der Waals surface area contributed by atoms with Crippen LogP contribution in [-0.4, -0.2) is 20.3 Å². The standard InChI is InChI=1S/C26H23N5OS/c1-18-10-12-20(13-11-18)15-27-25(32)23-21-9-5-6-14-31(21)24(30-23)22-17-29-26(33-22)28-16-19-7-3-2-4-8-19/h2-14,17H,15-16H2,1H3,(H,27,32)(H,28,29). The van der Waals surface area contributed by atoms with E-state index in [2.05, 4.69) is 27.8 Å². The second-order valence-electron chi connectivity index (χ2n) is 7.78. The van der Waals surface area contributed by atoms with E-state index in [4.69, 9.17) is 4.98 Å². The summed E-state index contributed by atoms with van der Waals surface area (Å²) in [6.45, 7) is 3.19. The number of rotatable bonds is 7. The highest BCUT2D eigenvalue weighted by Gasteiger charge is 2.19. The first-order chi connectivity index (χ1) is 16.2. The third-order valence-corrected chi connectivity index (χ3v) is 6.30. The quantitative estimate of drug-likeness (QED) is 0.350. The topological polar surface area (TPSA) is 71.3 Å². The van der Waals surface area contributed by atoms with Crippen LogP contribution < -0.4 is 10.6 Å². The van der Waals surface area contributed by atoms with E-state index in [-0.39, 0.29) is 5.91 Å². The van der Waals surface area contributed by atoms with E-state index in [9.17, 15) is 4.79 Å². The van der Waals surface area contributed by atoms with Crippen LogP contribution in [-0.2, 0) is 13.1 Å². The van der Waals surface area contributed by atoms with Crippen LogP contribution in [0.1, 0.15) is 27.2 Å². The number of hydrogen-bond donors (Lipinski definition) is 2. The number of hydrogen-bond acceptors (Lipinski definition) is 5. The van der Waals surface area contributed by atoms with Gasteiger partial charge >= 0.3 is 0 Å². The smallest absolute Gasteiger partial charge is 0.272 e. The van der Waals surface area contributed by atoms with Crippen molar-refractivity contribution in [3.63, 3.8) is 0 Å². The summed E-state index contributed by atoms with van der Waals surface area (Å²) in [6, 6.07) is 24.1. The van der Waals surface area contributed by atoms with E-state index in [1.807, 2.05) is 78.2 Å². The van der Waals surface area contributed by atoms with Crippen LogP contribution >= 0.6 is 11.3 Å². The highest BCUT2D eigenvalue weighted by atomic mass is 32.1. The number of pyridine rings is 1. The SMILES string of the molecule is Cc1ccc(CNC(=O)c2nc(-c3cnc(NCc4ccccc4)s3)n3ccccc23)cc1. The minimum Gasteiger partial charge on any atom is -0.357 e. The number of carbonyl (C=O) groups is 1. The molecule has 0 saturated carbocycles. The van der Waals surface area contributed by atoms with Gasteiger partial charge < -0.3 is 10.6 Å². The first-order valence-electron chi connectivity index (χ1n) is 10.7. The molecule has 7 heteroatoms. The third-order valence-electron chi connectivity index (χ3n) is 5.35. The van der Waals surface area contributed by atoms with Gasteiger partial charge in [0.1, 0.15) is 0 Å². The molecule has 0 bridgehead atoms. The fourth-order valence-electron chi connectivity index (χ4n) is 3.58. The monoisotopic (exact) mass is 453 g/mol. The molecule has 1 amide bonds. The lowest BCUT2D eigenvalue weighted by Gasteiger charge is -2.04. The molecule has 0 aliphatic heterocycles. The van der Waals surface area contributed by atoms with Crippen molar-refractivity contribution in [1.29, 1.82) is 0 Å². The molecule has 0 spiro atoms. The summed E-state index contributed by atoms with van der Waals surface area (Å²) < 4.78 is 1.94. The van der Waals surface area contributed by atoms with Gasteiger partial charge in [-0.3, -0.25) is 9.20 Å². The Morgan fingerprint density at radius 3 is 2.52 bits per heavy atom. The first-order valence-corrected chi connectivity index (χ1v) is 11.5. The molecule has 0 saturated heterocycles. The summed E-state index contributed by atoms with van der Waals surface area (Å²) >= 11 is 1.52. The molecular formula is C26H23N5OS. The number of nitrogens with one attached hydrogen (secondary N) is 2. The Labute approximate surface area is 196 Å². The number of aryl methyl sites for hydroxylation is 1. The lowest BCUT2D eigenvalue weighted by molar-refractivity contribution is 0.0948. The minimum absolute atomic E-state index is 0.197. The second-order valence-corrected chi connectivity index (χ2v) is 8.81.